The number of Topliss-reactive ketones (excluding diaryl/α,β-unsaturated/α-hetero) is 1. The van der Waals surface area contributed by atoms with Crippen molar-refractivity contribution < 1.29 is 13.2 Å². The molecule has 1 unspecified atom stereocenters. The number of hydrogen-bond donors (Lipinski definition) is 0. The molecule has 1 aliphatic rings. The smallest absolute Gasteiger partial charge is 0.164 e. The van der Waals surface area contributed by atoms with E-state index in [1.165, 1.54) is 0 Å². The van der Waals surface area contributed by atoms with E-state index in [2.05, 4.69) is 4.90 Å². The third-order valence-corrected chi connectivity index (χ3v) is 5.67. The van der Waals surface area contributed by atoms with Crippen LogP contribution in [0.3, 0.4) is 0 Å². The van der Waals surface area contributed by atoms with Gasteiger partial charge in [-0.25, -0.2) is 8.42 Å². The van der Waals surface area contributed by atoms with Gasteiger partial charge in [0.05, 0.1) is 11.5 Å². The Labute approximate surface area is 120 Å². The summed E-state index contributed by atoms with van der Waals surface area (Å²) < 4.78 is 23.0. The minimum Gasteiger partial charge on any atom is -0.298 e. The van der Waals surface area contributed by atoms with Crippen LogP contribution in [-0.2, 0) is 9.84 Å². The van der Waals surface area contributed by atoms with Gasteiger partial charge in [-0.2, -0.15) is 0 Å². The average Bonchev–Trinajstić information content (AvgIpc) is 2.37. The molecule has 0 amide bonds. The van der Waals surface area contributed by atoms with Crippen molar-refractivity contribution in [2.45, 2.75) is 26.3 Å². The van der Waals surface area contributed by atoms with E-state index in [-0.39, 0.29) is 23.3 Å². The van der Waals surface area contributed by atoms with Crippen molar-refractivity contribution in [3.63, 3.8) is 0 Å². The van der Waals surface area contributed by atoms with Gasteiger partial charge in [-0.05, 0) is 19.4 Å². The molecule has 20 heavy (non-hydrogen) atoms. The van der Waals surface area contributed by atoms with Crippen LogP contribution in [0.15, 0.2) is 24.3 Å². The van der Waals surface area contributed by atoms with Gasteiger partial charge < -0.3 is 0 Å². The van der Waals surface area contributed by atoms with Gasteiger partial charge in [-0.15, -0.1) is 0 Å². The SMILES string of the molecule is Cc1ccccc1C(=O)CCN1CCS(=O)(=O)CC1C. The molecule has 1 saturated heterocycles. The van der Waals surface area contributed by atoms with Gasteiger partial charge in [-0.3, -0.25) is 9.69 Å². The number of hydrogen-bond acceptors (Lipinski definition) is 4. The zero-order valence-electron chi connectivity index (χ0n) is 12.0. The van der Waals surface area contributed by atoms with Crippen LogP contribution < -0.4 is 0 Å². The van der Waals surface area contributed by atoms with E-state index < -0.39 is 9.84 Å². The minimum absolute atomic E-state index is 0.00146. The third kappa shape index (κ3) is 3.67. The molecule has 1 aromatic rings. The van der Waals surface area contributed by atoms with Crippen LogP contribution in [0.5, 0.6) is 0 Å². The first-order valence-corrected chi connectivity index (χ1v) is 8.74. The lowest BCUT2D eigenvalue weighted by Crippen LogP contribution is -2.47. The summed E-state index contributed by atoms with van der Waals surface area (Å²) in [6.45, 7) is 5.01. The summed E-state index contributed by atoms with van der Waals surface area (Å²) >= 11 is 0. The van der Waals surface area contributed by atoms with Crippen LogP contribution in [0.4, 0.5) is 0 Å². The molecule has 0 saturated carbocycles. The molecule has 1 fully saturated rings. The molecule has 4 nitrogen and oxygen atoms in total. The van der Waals surface area contributed by atoms with Gasteiger partial charge in [-0.1, -0.05) is 24.3 Å². The van der Waals surface area contributed by atoms with Crippen molar-refractivity contribution in [2.24, 2.45) is 0 Å². The molecule has 0 spiro atoms. The molecule has 0 N–H and O–H groups in total. The molecule has 1 heterocycles. The number of sulfone groups is 1. The van der Waals surface area contributed by atoms with Crippen molar-refractivity contribution in [3.8, 4) is 0 Å². The summed E-state index contributed by atoms with van der Waals surface area (Å²) in [7, 11) is -2.89. The highest BCUT2D eigenvalue weighted by Gasteiger charge is 2.28. The van der Waals surface area contributed by atoms with Crippen LogP contribution in [0.2, 0.25) is 0 Å². The molecule has 1 atom stereocenters. The lowest BCUT2D eigenvalue weighted by atomic mass is 10.0. The second-order valence-corrected chi connectivity index (χ2v) is 7.72. The fourth-order valence-electron chi connectivity index (χ4n) is 2.63. The summed E-state index contributed by atoms with van der Waals surface area (Å²) in [5.74, 6) is 0.533. The topological polar surface area (TPSA) is 54.5 Å². The summed E-state index contributed by atoms with van der Waals surface area (Å²) in [5.41, 5.74) is 1.76. The highest BCUT2D eigenvalue weighted by Crippen LogP contribution is 2.14. The van der Waals surface area contributed by atoms with Gasteiger partial charge in [0, 0.05) is 31.1 Å². The second-order valence-electron chi connectivity index (χ2n) is 5.49. The standard InChI is InChI=1S/C15H21NO3S/c1-12-5-3-4-6-14(12)15(17)7-8-16-9-10-20(18,19)11-13(16)2/h3-6,13H,7-11H2,1-2H3. The molecule has 0 bridgehead atoms. The highest BCUT2D eigenvalue weighted by atomic mass is 32.2. The molecular formula is C15H21NO3S. The number of ketones is 1. The summed E-state index contributed by atoms with van der Waals surface area (Å²) in [6, 6.07) is 7.57. The first-order chi connectivity index (χ1) is 9.39. The molecule has 0 aliphatic carbocycles. The van der Waals surface area contributed by atoms with Crippen molar-refractivity contribution in [1.29, 1.82) is 0 Å². The fourth-order valence-corrected chi connectivity index (χ4v) is 4.26. The molecule has 2 rings (SSSR count). The maximum atomic E-state index is 12.2. The Morgan fingerprint density at radius 3 is 2.70 bits per heavy atom. The predicted octanol–water partition coefficient (Wildman–Crippen LogP) is 1.69. The Kier molecular flexibility index (Phi) is 4.60. The number of nitrogens with zero attached hydrogens (tertiary/aromatic N) is 1. The largest absolute Gasteiger partial charge is 0.298 e. The Hall–Kier alpha value is -1.20. The first kappa shape index (κ1) is 15.2. The number of benzene rings is 1. The van der Waals surface area contributed by atoms with E-state index in [9.17, 15) is 13.2 Å². The van der Waals surface area contributed by atoms with E-state index in [1.807, 2.05) is 38.1 Å². The first-order valence-electron chi connectivity index (χ1n) is 6.92. The number of carbonyl (C=O) groups is 1. The zero-order chi connectivity index (χ0) is 14.8. The summed E-state index contributed by atoms with van der Waals surface area (Å²) in [5, 5.41) is 0. The second kappa shape index (κ2) is 6.06. The number of rotatable bonds is 4. The number of carbonyl (C=O) groups excluding carboxylic acids is 1. The van der Waals surface area contributed by atoms with Crippen LogP contribution >= 0.6 is 0 Å². The zero-order valence-corrected chi connectivity index (χ0v) is 12.8. The molecule has 1 aromatic carbocycles. The Morgan fingerprint density at radius 1 is 1.35 bits per heavy atom. The van der Waals surface area contributed by atoms with Crippen LogP contribution in [0.25, 0.3) is 0 Å². The van der Waals surface area contributed by atoms with E-state index in [1.54, 1.807) is 0 Å². The van der Waals surface area contributed by atoms with Gasteiger partial charge >= 0.3 is 0 Å². The molecular weight excluding hydrogens is 274 g/mol. The van der Waals surface area contributed by atoms with Gasteiger partial charge in [0.2, 0.25) is 0 Å². The molecule has 5 heteroatoms. The lowest BCUT2D eigenvalue weighted by Gasteiger charge is -2.32. The predicted molar refractivity (Wildman–Crippen MR) is 79.8 cm³/mol. The average molecular weight is 295 g/mol. The fraction of sp³-hybridized carbons (Fsp3) is 0.533. The van der Waals surface area contributed by atoms with E-state index in [0.29, 0.717) is 19.5 Å². The Bertz CT molecular complexity index is 595. The van der Waals surface area contributed by atoms with Crippen molar-refractivity contribution >= 4 is 15.6 Å². The third-order valence-electron chi connectivity index (χ3n) is 3.88. The molecule has 1 aliphatic heterocycles. The summed E-state index contributed by atoms with van der Waals surface area (Å²) in [4.78, 5) is 14.3. The summed E-state index contributed by atoms with van der Waals surface area (Å²) in [6.07, 6.45) is 0.440. The Morgan fingerprint density at radius 2 is 2.05 bits per heavy atom. The van der Waals surface area contributed by atoms with Crippen molar-refractivity contribution in [2.75, 3.05) is 24.6 Å². The number of aryl methyl sites for hydroxylation is 1. The minimum atomic E-state index is -2.89. The maximum Gasteiger partial charge on any atom is 0.164 e. The van der Waals surface area contributed by atoms with E-state index in [0.717, 1.165) is 11.1 Å². The molecule has 0 radical (unpaired) electrons. The van der Waals surface area contributed by atoms with Crippen molar-refractivity contribution in [3.05, 3.63) is 35.4 Å². The van der Waals surface area contributed by atoms with Crippen molar-refractivity contribution in [1.82, 2.24) is 4.90 Å². The molecule has 0 aromatic heterocycles. The van der Waals surface area contributed by atoms with Crippen LogP contribution in [-0.4, -0.2) is 49.7 Å². The van der Waals surface area contributed by atoms with Gasteiger partial charge in [0.1, 0.15) is 0 Å². The van der Waals surface area contributed by atoms with E-state index in [4.69, 9.17) is 0 Å². The highest BCUT2D eigenvalue weighted by molar-refractivity contribution is 7.91. The molecule has 110 valence electrons. The van der Waals surface area contributed by atoms with Crippen LogP contribution in [0, 0.1) is 6.92 Å². The monoisotopic (exact) mass is 295 g/mol. The van der Waals surface area contributed by atoms with Gasteiger partial charge in [0.15, 0.2) is 15.6 Å². The quantitative estimate of drug-likeness (QED) is 0.793. The maximum absolute atomic E-state index is 12.2. The Balaban J connectivity index is 1.93. The normalized spacial score (nSPS) is 22.6. The van der Waals surface area contributed by atoms with E-state index >= 15 is 0 Å². The van der Waals surface area contributed by atoms with Crippen LogP contribution in [0.1, 0.15) is 29.3 Å². The lowest BCUT2D eigenvalue weighted by molar-refractivity contribution is 0.0956. The van der Waals surface area contributed by atoms with Gasteiger partial charge in [0.25, 0.3) is 0 Å².